The molecule has 3 nitrogen and oxygen atoms in total. The van der Waals surface area contributed by atoms with Crippen LogP contribution in [0.3, 0.4) is 0 Å². The highest BCUT2D eigenvalue weighted by Gasteiger charge is 2.45. The third kappa shape index (κ3) is 3.64. The second kappa shape index (κ2) is 6.01. The van der Waals surface area contributed by atoms with Crippen molar-refractivity contribution in [1.82, 2.24) is 5.32 Å². The summed E-state index contributed by atoms with van der Waals surface area (Å²) in [4.78, 5) is 11.1. The van der Waals surface area contributed by atoms with Gasteiger partial charge in [0.05, 0.1) is 12.1 Å². The molecule has 0 bridgehead atoms. The minimum Gasteiger partial charge on any atom is -0.354 e. The van der Waals surface area contributed by atoms with Crippen LogP contribution in [0.5, 0.6) is 0 Å². The molecule has 0 unspecified atom stereocenters. The van der Waals surface area contributed by atoms with Gasteiger partial charge in [0.2, 0.25) is 5.91 Å². The highest BCUT2D eigenvalue weighted by molar-refractivity contribution is 5.85. The smallest absolute Gasteiger partial charge is 0.354 e. The van der Waals surface area contributed by atoms with Crippen LogP contribution in [0.4, 0.5) is 13.2 Å². The van der Waals surface area contributed by atoms with Crippen LogP contribution in [0.2, 0.25) is 0 Å². The fraction of sp³-hybridized carbons (Fsp3) is 0.462. The van der Waals surface area contributed by atoms with Crippen LogP contribution in [0.15, 0.2) is 24.3 Å². The lowest BCUT2D eigenvalue weighted by atomic mass is 9.94. The number of nitrogens with two attached hydrogens (primary N) is 1. The maximum atomic E-state index is 12.7. The van der Waals surface area contributed by atoms with Gasteiger partial charge in [0.25, 0.3) is 0 Å². The fourth-order valence-electron chi connectivity index (χ4n) is 2.08. The molecule has 2 rings (SSSR count). The standard InChI is InChI=1S/C13H15F3N2O.ClH/c14-13(15,16)10-3-1-2-9(6-10)12(4-5-12)8-18-11(19)7-17;/h1-3,6H,4-5,7-8,17H2,(H,18,19);1H. The van der Waals surface area contributed by atoms with Crippen molar-refractivity contribution in [3.8, 4) is 0 Å². The van der Waals surface area contributed by atoms with E-state index in [2.05, 4.69) is 5.32 Å². The van der Waals surface area contributed by atoms with Crippen LogP contribution in [0.1, 0.15) is 24.0 Å². The molecule has 0 radical (unpaired) electrons. The number of carbonyl (C=O) groups is 1. The number of rotatable bonds is 4. The van der Waals surface area contributed by atoms with Crippen molar-refractivity contribution in [2.45, 2.75) is 24.4 Å². The number of hydrogen-bond donors (Lipinski definition) is 2. The van der Waals surface area contributed by atoms with Crippen molar-refractivity contribution in [3.05, 3.63) is 35.4 Å². The summed E-state index contributed by atoms with van der Waals surface area (Å²) in [5, 5.41) is 2.65. The minimum atomic E-state index is -4.34. The van der Waals surface area contributed by atoms with Crippen molar-refractivity contribution < 1.29 is 18.0 Å². The lowest BCUT2D eigenvalue weighted by molar-refractivity contribution is -0.137. The first-order valence-corrected chi connectivity index (χ1v) is 6.02. The van der Waals surface area contributed by atoms with Crippen molar-refractivity contribution in [2.24, 2.45) is 5.73 Å². The first-order valence-electron chi connectivity index (χ1n) is 6.02. The van der Waals surface area contributed by atoms with E-state index in [1.54, 1.807) is 6.07 Å². The third-order valence-corrected chi connectivity index (χ3v) is 3.47. The molecule has 1 fully saturated rings. The average Bonchev–Trinajstić information content (AvgIpc) is 3.16. The number of benzene rings is 1. The number of nitrogens with one attached hydrogen (secondary N) is 1. The van der Waals surface area contributed by atoms with Crippen molar-refractivity contribution >= 4 is 18.3 Å². The van der Waals surface area contributed by atoms with E-state index in [0.717, 1.165) is 18.9 Å². The molecular formula is C13H16ClF3N2O. The Morgan fingerprint density at radius 1 is 1.35 bits per heavy atom. The van der Waals surface area contributed by atoms with E-state index in [9.17, 15) is 18.0 Å². The Kier molecular flexibility index (Phi) is 5.05. The summed E-state index contributed by atoms with van der Waals surface area (Å²) in [5.74, 6) is -0.293. The van der Waals surface area contributed by atoms with Gasteiger partial charge in [0.1, 0.15) is 0 Å². The molecule has 1 aromatic rings. The SMILES string of the molecule is Cl.NCC(=O)NCC1(c2cccc(C(F)(F)F)c2)CC1. The number of halogens is 4. The van der Waals surface area contributed by atoms with Gasteiger partial charge in [0.15, 0.2) is 0 Å². The second-order valence-electron chi connectivity index (χ2n) is 4.84. The Morgan fingerprint density at radius 3 is 2.50 bits per heavy atom. The summed E-state index contributed by atoms with van der Waals surface area (Å²) >= 11 is 0. The Balaban J connectivity index is 0.00000200. The average molecular weight is 309 g/mol. The molecule has 0 heterocycles. The van der Waals surface area contributed by atoms with Crippen LogP contribution >= 0.6 is 12.4 Å². The van der Waals surface area contributed by atoms with Crippen molar-refractivity contribution in [1.29, 1.82) is 0 Å². The van der Waals surface area contributed by atoms with Gasteiger partial charge in [-0.1, -0.05) is 18.2 Å². The van der Waals surface area contributed by atoms with Gasteiger partial charge in [0, 0.05) is 12.0 Å². The molecule has 20 heavy (non-hydrogen) atoms. The molecule has 1 aromatic carbocycles. The topological polar surface area (TPSA) is 55.1 Å². The zero-order chi connectivity index (χ0) is 14.1. The van der Waals surface area contributed by atoms with Crippen LogP contribution in [0, 0.1) is 0 Å². The van der Waals surface area contributed by atoms with Gasteiger partial charge in [-0.2, -0.15) is 13.2 Å². The van der Waals surface area contributed by atoms with Crippen LogP contribution in [-0.2, 0) is 16.4 Å². The fourth-order valence-corrected chi connectivity index (χ4v) is 2.08. The van der Waals surface area contributed by atoms with E-state index < -0.39 is 11.7 Å². The maximum absolute atomic E-state index is 12.7. The highest BCUT2D eigenvalue weighted by Crippen LogP contribution is 2.48. The van der Waals surface area contributed by atoms with E-state index in [-0.39, 0.29) is 30.3 Å². The summed E-state index contributed by atoms with van der Waals surface area (Å²) in [6.07, 6.45) is -2.79. The largest absolute Gasteiger partial charge is 0.416 e. The molecule has 0 spiro atoms. The number of amides is 1. The molecule has 0 atom stereocenters. The minimum absolute atomic E-state index is 0. The van der Waals surface area contributed by atoms with E-state index in [4.69, 9.17) is 5.73 Å². The molecular weight excluding hydrogens is 293 g/mol. The zero-order valence-corrected chi connectivity index (χ0v) is 11.5. The third-order valence-electron chi connectivity index (χ3n) is 3.47. The Bertz CT molecular complexity index is 487. The molecule has 0 aromatic heterocycles. The highest BCUT2D eigenvalue weighted by atomic mass is 35.5. The van der Waals surface area contributed by atoms with Crippen LogP contribution in [0.25, 0.3) is 0 Å². The monoisotopic (exact) mass is 308 g/mol. The molecule has 7 heteroatoms. The van der Waals surface area contributed by atoms with Gasteiger partial charge in [-0.3, -0.25) is 4.79 Å². The normalized spacial score (nSPS) is 16.2. The second-order valence-corrected chi connectivity index (χ2v) is 4.84. The van der Waals surface area contributed by atoms with Gasteiger partial charge in [-0.15, -0.1) is 12.4 Å². The van der Waals surface area contributed by atoms with Crippen molar-refractivity contribution in [3.63, 3.8) is 0 Å². The Labute approximate surface area is 121 Å². The zero-order valence-electron chi connectivity index (χ0n) is 10.7. The first kappa shape index (κ1) is 16.8. The van der Waals surface area contributed by atoms with Crippen molar-refractivity contribution in [2.75, 3.05) is 13.1 Å². The molecule has 112 valence electrons. The summed E-state index contributed by atoms with van der Waals surface area (Å²) in [5.41, 5.74) is 4.80. The number of alkyl halides is 3. The van der Waals surface area contributed by atoms with E-state index in [0.29, 0.717) is 12.1 Å². The summed E-state index contributed by atoms with van der Waals surface area (Å²) in [6, 6.07) is 5.31. The predicted molar refractivity (Wildman–Crippen MR) is 71.7 cm³/mol. The first-order chi connectivity index (χ1) is 8.87. The summed E-state index contributed by atoms with van der Waals surface area (Å²) in [6.45, 7) is 0.225. The van der Waals surface area contributed by atoms with Crippen LogP contribution in [-0.4, -0.2) is 19.0 Å². The molecule has 1 saturated carbocycles. The van der Waals surface area contributed by atoms with Gasteiger partial charge < -0.3 is 11.1 Å². The quantitative estimate of drug-likeness (QED) is 0.896. The molecule has 0 saturated heterocycles. The van der Waals surface area contributed by atoms with Crippen LogP contribution < -0.4 is 11.1 Å². The van der Waals surface area contributed by atoms with E-state index in [1.807, 2.05) is 0 Å². The molecule has 3 N–H and O–H groups in total. The van der Waals surface area contributed by atoms with E-state index in [1.165, 1.54) is 12.1 Å². The van der Waals surface area contributed by atoms with Gasteiger partial charge >= 0.3 is 6.18 Å². The number of hydrogen-bond acceptors (Lipinski definition) is 2. The molecule has 1 aliphatic rings. The van der Waals surface area contributed by atoms with Gasteiger partial charge in [-0.05, 0) is 24.5 Å². The summed E-state index contributed by atoms with van der Waals surface area (Å²) < 4.78 is 38.0. The van der Waals surface area contributed by atoms with Gasteiger partial charge in [-0.25, -0.2) is 0 Å². The maximum Gasteiger partial charge on any atom is 0.416 e. The summed E-state index contributed by atoms with van der Waals surface area (Å²) in [7, 11) is 0. The Morgan fingerprint density at radius 2 is 2.00 bits per heavy atom. The lowest BCUT2D eigenvalue weighted by Crippen LogP contribution is -2.36. The lowest BCUT2D eigenvalue weighted by Gasteiger charge is -2.18. The molecule has 1 amide bonds. The predicted octanol–water partition coefficient (Wildman–Crippen LogP) is 2.23. The van der Waals surface area contributed by atoms with E-state index >= 15 is 0 Å². The molecule has 1 aliphatic carbocycles. The molecule has 0 aliphatic heterocycles. The Hall–Kier alpha value is -1.27. The number of carbonyl (C=O) groups excluding carboxylic acids is 1.